The summed E-state index contributed by atoms with van der Waals surface area (Å²) in [6.45, 7) is 3.64. The van der Waals surface area contributed by atoms with Crippen molar-refractivity contribution in [1.82, 2.24) is 0 Å². The van der Waals surface area contributed by atoms with Crippen molar-refractivity contribution in [2.75, 3.05) is 0 Å². The molecule has 0 atom stereocenters. The topological polar surface area (TPSA) is 0 Å². The highest BCUT2D eigenvalue weighted by Gasteiger charge is 1.99. The average molecular weight is 199 g/mol. The molecule has 0 unspecified atom stereocenters. The van der Waals surface area contributed by atoms with Crippen molar-refractivity contribution >= 4 is 11.6 Å². The van der Waals surface area contributed by atoms with E-state index in [4.69, 9.17) is 11.6 Å². The third-order valence-corrected chi connectivity index (χ3v) is 2.15. The maximum absolute atomic E-state index is 12.7. The molecule has 0 heterocycles. The van der Waals surface area contributed by atoms with Gasteiger partial charge in [0, 0.05) is 0 Å². The Morgan fingerprint density at radius 1 is 1.46 bits per heavy atom. The Balaban J connectivity index is 2.57. The summed E-state index contributed by atoms with van der Waals surface area (Å²) in [5, 5.41) is 0.205. The Bertz CT molecular complexity index is 294. The molecule has 0 fully saturated rings. The highest BCUT2D eigenvalue weighted by atomic mass is 35.5. The number of allylic oxidation sites excluding steroid dienone is 1. The minimum atomic E-state index is -0.353. The summed E-state index contributed by atoms with van der Waals surface area (Å²) >= 11 is 5.63. The van der Waals surface area contributed by atoms with Gasteiger partial charge in [0.25, 0.3) is 0 Å². The van der Waals surface area contributed by atoms with E-state index in [1.165, 1.54) is 6.07 Å². The highest BCUT2D eigenvalue weighted by Crippen LogP contribution is 2.17. The number of halogens is 2. The van der Waals surface area contributed by atoms with Crippen LogP contribution in [0, 0.1) is 5.82 Å². The second kappa shape index (κ2) is 5.03. The molecule has 0 nitrogen and oxygen atoms in total. The van der Waals surface area contributed by atoms with Crippen LogP contribution in [-0.2, 0) is 6.42 Å². The molecule has 2 heteroatoms. The molecule has 0 amide bonds. The van der Waals surface area contributed by atoms with Crippen molar-refractivity contribution in [1.29, 1.82) is 0 Å². The molecule has 0 aliphatic heterocycles. The molecule has 1 aromatic rings. The van der Waals surface area contributed by atoms with E-state index in [-0.39, 0.29) is 10.8 Å². The molecule has 13 heavy (non-hydrogen) atoms. The Labute approximate surface area is 83.0 Å². The van der Waals surface area contributed by atoms with Crippen LogP contribution in [0.5, 0.6) is 0 Å². The first-order valence-corrected chi connectivity index (χ1v) is 4.66. The van der Waals surface area contributed by atoms with Crippen LogP contribution in [-0.4, -0.2) is 0 Å². The molecule has 0 saturated heterocycles. The molecule has 0 saturated carbocycles. The van der Waals surface area contributed by atoms with Gasteiger partial charge in [0.2, 0.25) is 0 Å². The van der Waals surface area contributed by atoms with Gasteiger partial charge in [-0.25, -0.2) is 4.39 Å². The fraction of sp³-hybridized carbons (Fsp3) is 0.273. The van der Waals surface area contributed by atoms with E-state index in [9.17, 15) is 4.39 Å². The first-order chi connectivity index (χ1) is 6.24. The Kier molecular flexibility index (Phi) is 3.97. The highest BCUT2D eigenvalue weighted by molar-refractivity contribution is 6.30. The second-order valence-corrected chi connectivity index (χ2v) is 3.34. The van der Waals surface area contributed by atoms with Crippen LogP contribution in [0.1, 0.15) is 18.4 Å². The molecule has 0 aliphatic carbocycles. The molecular formula is C11H12ClF. The van der Waals surface area contributed by atoms with E-state index in [1.54, 1.807) is 12.1 Å². The Hall–Kier alpha value is -0.820. The molecular weight excluding hydrogens is 187 g/mol. The van der Waals surface area contributed by atoms with Crippen LogP contribution < -0.4 is 0 Å². The van der Waals surface area contributed by atoms with Gasteiger partial charge in [0.1, 0.15) is 5.82 Å². The molecule has 0 N–H and O–H groups in total. The normalized spacial score (nSPS) is 10.0. The summed E-state index contributed by atoms with van der Waals surface area (Å²) in [6.07, 6.45) is 4.82. The first-order valence-electron chi connectivity index (χ1n) is 4.29. The van der Waals surface area contributed by atoms with E-state index in [1.807, 2.05) is 6.08 Å². The Morgan fingerprint density at radius 3 is 2.85 bits per heavy atom. The average Bonchev–Trinajstić information content (AvgIpc) is 2.12. The van der Waals surface area contributed by atoms with Crippen molar-refractivity contribution in [3.05, 3.63) is 47.3 Å². The zero-order valence-electron chi connectivity index (χ0n) is 7.39. The minimum Gasteiger partial charge on any atom is -0.205 e. The van der Waals surface area contributed by atoms with Crippen molar-refractivity contribution in [3.63, 3.8) is 0 Å². The Morgan fingerprint density at radius 2 is 2.23 bits per heavy atom. The van der Waals surface area contributed by atoms with Crippen molar-refractivity contribution < 1.29 is 4.39 Å². The van der Waals surface area contributed by atoms with Crippen molar-refractivity contribution in [2.24, 2.45) is 0 Å². The van der Waals surface area contributed by atoms with Crippen molar-refractivity contribution in [2.45, 2.75) is 19.3 Å². The largest absolute Gasteiger partial charge is 0.205 e. The van der Waals surface area contributed by atoms with Crippen LogP contribution in [0.3, 0.4) is 0 Å². The fourth-order valence-electron chi connectivity index (χ4n) is 1.15. The predicted octanol–water partition coefficient (Wildman–Crippen LogP) is 3.99. The van der Waals surface area contributed by atoms with Crippen LogP contribution >= 0.6 is 11.6 Å². The van der Waals surface area contributed by atoms with Gasteiger partial charge in [-0.05, 0) is 37.0 Å². The standard InChI is InChI=1S/C11H12ClF/c1-2-3-4-5-9-6-7-11(13)10(12)8-9/h2,6-8H,1,3-5H2. The number of rotatable bonds is 4. The smallest absolute Gasteiger partial charge is 0.141 e. The molecule has 0 radical (unpaired) electrons. The quantitative estimate of drug-likeness (QED) is 0.507. The molecule has 0 aliphatic rings. The number of hydrogen-bond acceptors (Lipinski definition) is 0. The summed E-state index contributed by atoms with van der Waals surface area (Å²) in [4.78, 5) is 0. The van der Waals surface area contributed by atoms with Gasteiger partial charge in [0.05, 0.1) is 5.02 Å². The van der Waals surface area contributed by atoms with Gasteiger partial charge in [-0.3, -0.25) is 0 Å². The lowest BCUT2D eigenvalue weighted by Gasteiger charge is -2.00. The SMILES string of the molecule is C=CCCCc1ccc(F)c(Cl)c1. The number of unbranched alkanes of at least 4 members (excludes halogenated alkanes) is 1. The van der Waals surface area contributed by atoms with Gasteiger partial charge >= 0.3 is 0 Å². The fourth-order valence-corrected chi connectivity index (χ4v) is 1.35. The predicted molar refractivity (Wildman–Crippen MR) is 54.5 cm³/mol. The van der Waals surface area contributed by atoms with Gasteiger partial charge < -0.3 is 0 Å². The lowest BCUT2D eigenvalue weighted by molar-refractivity contribution is 0.627. The lowest BCUT2D eigenvalue weighted by Crippen LogP contribution is -1.86. The summed E-state index contributed by atoms with van der Waals surface area (Å²) < 4.78 is 12.7. The number of benzene rings is 1. The molecule has 0 spiro atoms. The second-order valence-electron chi connectivity index (χ2n) is 2.93. The van der Waals surface area contributed by atoms with Crippen LogP contribution in [0.15, 0.2) is 30.9 Å². The van der Waals surface area contributed by atoms with E-state index in [0.717, 1.165) is 24.8 Å². The monoisotopic (exact) mass is 198 g/mol. The van der Waals surface area contributed by atoms with E-state index in [0.29, 0.717) is 0 Å². The molecule has 0 bridgehead atoms. The number of aryl methyl sites for hydroxylation is 1. The summed E-state index contributed by atoms with van der Waals surface area (Å²) in [6, 6.07) is 4.86. The van der Waals surface area contributed by atoms with Crippen LogP contribution in [0.4, 0.5) is 4.39 Å². The van der Waals surface area contributed by atoms with E-state index in [2.05, 4.69) is 6.58 Å². The summed E-state index contributed by atoms with van der Waals surface area (Å²) in [7, 11) is 0. The molecule has 0 aromatic heterocycles. The zero-order chi connectivity index (χ0) is 9.68. The van der Waals surface area contributed by atoms with Gasteiger partial charge in [0.15, 0.2) is 0 Å². The van der Waals surface area contributed by atoms with E-state index >= 15 is 0 Å². The van der Waals surface area contributed by atoms with Gasteiger partial charge in [-0.2, -0.15) is 0 Å². The first kappa shape index (κ1) is 10.3. The third-order valence-electron chi connectivity index (χ3n) is 1.86. The minimum absolute atomic E-state index is 0.205. The number of hydrogen-bond donors (Lipinski definition) is 0. The zero-order valence-corrected chi connectivity index (χ0v) is 8.15. The third kappa shape index (κ3) is 3.19. The van der Waals surface area contributed by atoms with E-state index < -0.39 is 0 Å². The van der Waals surface area contributed by atoms with Crippen LogP contribution in [0.25, 0.3) is 0 Å². The summed E-state index contributed by atoms with van der Waals surface area (Å²) in [5.74, 6) is -0.353. The molecule has 1 rings (SSSR count). The molecule has 70 valence electrons. The molecule has 1 aromatic carbocycles. The van der Waals surface area contributed by atoms with Crippen molar-refractivity contribution in [3.8, 4) is 0 Å². The maximum Gasteiger partial charge on any atom is 0.141 e. The maximum atomic E-state index is 12.7. The lowest BCUT2D eigenvalue weighted by atomic mass is 10.1. The van der Waals surface area contributed by atoms with Crippen LogP contribution in [0.2, 0.25) is 5.02 Å². The van der Waals surface area contributed by atoms with Gasteiger partial charge in [-0.1, -0.05) is 23.7 Å². The van der Waals surface area contributed by atoms with Gasteiger partial charge in [-0.15, -0.1) is 6.58 Å². The summed E-state index contributed by atoms with van der Waals surface area (Å²) in [5.41, 5.74) is 1.08.